The molecule has 0 aromatic rings. The Morgan fingerprint density at radius 1 is 1.36 bits per heavy atom. The van der Waals surface area contributed by atoms with Crippen molar-refractivity contribution in [3.05, 3.63) is 27.6 Å². The fourth-order valence-electron chi connectivity index (χ4n) is 0.878. The molecule has 0 spiro atoms. The Balaban J connectivity index is 2.76. The number of hydrogen-bond acceptors (Lipinski definition) is 2. The third kappa shape index (κ3) is 2.12. The summed E-state index contributed by atoms with van der Waals surface area (Å²) in [7, 11) is 3.36. The van der Waals surface area contributed by atoms with Crippen molar-refractivity contribution in [3.63, 3.8) is 0 Å². The largest absolute Gasteiger partial charge is 0.501 e. The van der Waals surface area contributed by atoms with E-state index in [1.165, 1.54) is 0 Å². The van der Waals surface area contributed by atoms with E-state index in [2.05, 4.69) is 22.6 Å². The summed E-state index contributed by atoms with van der Waals surface area (Å²) in [5.74, 6) is 1.92. The summed E-state index contributed by atoms with van der Waals surface area (Å²) in [5.41, 5.74) is 0. The molecular formula is C8H10IO2. The lowest BCUT2D eigenvalue weighted by atomic mass is 10.1. The number of methoxy groups -OCH3 is 2. The lowest BCUT2D eigenvalue weighted by molar-refractivity contribution is 0.263. The van der Waals surface area contributed by atoms with E-state index in [4.69, 9.17) is 9.47 Å². The van der Waals surface area contributed by atoms with Crippen LogP contribution in [0, 0.1) is 6.42 Å². The number of rotatable bonds is 2. The molecule has 0 saturated carbocycles. The average Bonchev–Trinajstić information content (AvgIpc) is 2.04. The molecule has 0 fully saturated rings. The Bertz CT molecular complexity index is 206. The minimum absolute atomic E-state index is 0.828. The second-order valence-corrected chi connectivity index (χ2v) is 3.30. The molecular weight excluding hydrogens is 255 g/mol. The van der Waals surface area contributed by atoms with Crippen molar-refractivity contribution in [1.82, 2.24) is 0 Å². The first kappa shape index (κ1) is 8.90. The van der Waals surface area contributed by atoms with Crippen LogP contribution in [0.4, 0.5) is 0 Å². The Morgan fingerprint density at radius 2 is 2.09 bits per heavy atom. The number of allylic oxidation sites excluding steroid dienone is 4. The smallest absolute Gasteiger partial charge is 0.110 e. The van der Waals surface area contributed by atoms with E-state index in [9.17, 15) is 0 Å². The van der Waals surface area contributed by atoms with Gasteiger partial charge in [-0.1, -0.05) is 0 Å². The van der Waals surface area contributed by atoms with Crippen LogP contribution in [0.1, 0.15) is 6.42 Å². The fourth-order valence-corrected chi connectivity index (χ4v) is 1.63. The van der Waals surface area contributed by atoms with Crippen molar-refractivity contribution in [2.75, 3.05) is 14.2 Å². The normalized spacial score (nSPS) is 17.9. The van der Waals surface area contributed by atoms with Crippen molar-refractivity contribution < 1.29 is 9.47 Å². The van der Waals surface area contributed by atoms with Crippen LogP contribution >= 0.6 is 22.6 Å². The van der Waals surface area contributed by atoms with Gasteiger partial charge in [-0.3, -0.25) is 0 Å². The molecule has 0 unspecified atom stereocenters. The molecule has 0 bridgehead atoms. The lowest BCUT2D eigenvalue weighted by Gasteiger charge is -2.14. The van der Waals surface area contributed by atoms with E-state index in [-0.39, 0.29) is 0 Å². The summed E-state index contributed by atoms with van der Waals surface area (Å²) in [4.78, 5) is 0. The van der Waals surface area contributed by atoms with Gasteiger partial charge < -0.3 is 9.47 Å². The molecule has 1 aliphatic rings. The Morgan fingerprint density at radius 3 is 2.55 bits per heavy atom. The van der Waals surface area contributed by atoms with E-state index < -0.39 is 0 Å². The van der Waals surface area contributed by atoms with Gasteiger partial charge in [-0.05, 0) is 28.7 Å². The maximum Gasteiger partial charge on any atom is 0.110 e. The van der Waals surface area contributed by atoms with Gasteiger partial charge in [-0.15, -0.1) is 0 Å². The first-order valence-electron chi connectivity index (χ1n) is 3.29. The molecule has 0 aliphatic heterocycles. The standard InChI is InChI=1S/C8H10IO2/c1-10-6-3-4-8(11-2)7(9)5-6/h3,5H,4H2,1-2H3. The zero-order chi connectivity index (χ0) is 8.27. The topological polar surface area (TPSA) is 18.5 Å². The van der Waals surface area contributed by atoms with Crippen LogP contribution in [0.25, 0.3) is 0 Å². The summed E-state index contributed by atoms with van der Waals surface area (Å²) < 4.78 is 11.3. The highest BCUT2D eigenvalue weighted by Gasteiger charge is 2.11. The average molecular weight is 265 g/mol. The highest BCUT2D eigenvalue weighted by Crippen LogP contribution is 2.27. The summed E-state index contributed by atoms with van der Waals surface area (Å²) in [6, 6.07) is 0. The Labute approximate surface area is 80.4 Å². The Hall–Kier alpha value is -0.190. The highest BCUT2D eigenvalue weighted by molar-refractivity contribution is 14.1. The number of hydrogen-bond donors (Lipinski definition) is 0. The minimum Gasteiger partial charge on any atom is -0.501 e. The highest BCUT2D eigenvalue weighted by atomic mass is 127. The van der Waals surface area contributed by atoms with Crippen molar-refractivity contribution in [2.24, 2.45) is 0 Å². The van der Waals surface area contributed by atoms with Crippen molar-refractivity contribution >= 4 is 22.6 Å². The molecule has 0 saturated heterocycles. The molecule has 0 amide bonds. The van der Waals surface area contributed by atoms with E-state index in [0.29, 0.717) is 0 Å². The number of ether oxygens (including phenoxy) is 2. The van der Waals surface area contributed by atoms with Gasteiger partial charge >= 0.3 is 0 Å². The summed E-state index contributed by atoms with van der Waals surface area (Å²) in [6.07, 6.45) is 4.79. The molecule has 11 heavy (non-hydrogen) atoms. The van der Waals surface area contributed by atoms with Crippen LogP contribution in [-0.4, -0.2) is 14.2 Å². The SMILES string of the molecule is COC1=CC(I)=C(OC)C[CH]1. The van der Waals surface area contributed by atoms with E-state index in [1.54, 1.807) is 14.2 Å². The number of halogens is 1. The van der Waals surface area contributed by atoms with Gasteiger partial charge in [0.1, 0.15) is 11.5 Å². The molecule has 0 heterocycles. The Kier molecular flexibility index (Phi) is 3.23. The van der Waals surface area contributed by atoms with Gasteiger partial charge in [0, 0.05) is 12.8 Å². The van der Waals surface area contributed by atoms with Gasteiger partial charge in [0.2, 0.25) is 0 Å². The summed E-state index contributed by atoms with van der Waals surface area (Å²) in [5, 5.41) is 0. The van der Waals surface area contributed by atoms with Crippen molar-refractivity contribution in [1.29, 1.82) is 0 Å². The van der Waals surface area contributed by atoms with E-state index in [0.717, 1.165) is 21.5 Å². The molecule has 0 atom stereocenters. The molecule has 0 N–H and O–H groups in total. The van der Waals surface area contributed by atoms with Crippen LogP contribution in [0.5, 0.6) is 0 Å². The maximum atomic E-state index is 5.14. The first-order chi connectivity index (χ1) is 5.27. The molecule has 1 aliphatic carbocycles. The zero-order valence-electron chi connectivity index (χ0n) is 6.56. The second-order valence-electron chi connectivity index (χ2n) is 2.13. The quantitative estimate of drug-likeness (QED) is 0.714. The summed E-state index contributed by atoms with van der Waals surface area (Å²) >= 11 is 2.24. The molecule has 61 valence electrons. The van der Waals surface area contributed by atoms with Crippen LogP contribution < -0.4 is 0 Å². The zero-order valence-corrected chi connectivity index (χ0v) is 8.71. The third-order valence-corrected chi connectivity index (χ3v) is 2.42. The van der Waals surface area contributed by atoms with Crippen LogP contribution in [0.2, 0.25) is 0 Å². The van der Waals surface area contributed by atoms with Crippen molar-refractivity contribution in [3.8, 4) is 0 Å². The first-order valence-corrected chi connectivity index (χ1v) is 4.37. The maximum absolute atomic E-state index is 5.14. The monoisotopic (exact) mass is 265 g/mol. The van der Waals surface area contributed by atoms with Crippen LogP contribution in [-0.2, 0) is 9.47 Å². The second kappa shape index (κ2) is 3.99. The molecule has 1 radical (unpaired) electrons. The van der Waals surface area contributed by atoms with Gasteiger partial charge in [0.25, 0.3) is 0 Å². The lowest BCUT2D eigenvalue weighted by Crippen LogP contribution is -1.99. The fraction of sp³-hybridized carbons (Fsp3) is 0.375. The molecule has 0 aromatic heterocycles. The third-order valence-electron chi connectivity index (χ3n) is 1.51. The van der Waals surface area contributed by atoms with Crippen molar-refractivity contribution in [2.45, 2.75) is 6.42 Å². The van der Waals surface area contributed by atoms with Gasteiger partial charge in [-0.2, -0.15) is 0 Å². The minimum atomic E-state index is 0.828. The van der Waals surface area contributed by atoms with E-state index >= 15 is 0 Å². The van der Waals surface area contributed by atoms with Gasteiger partial charge in [0.05, 0.1) is 17.8 Å². The molecule has 2 nitrogen and oxygen atoms in total. The van der Waals surface area contributed by atoms with Gasteiger partial charge in [0.15, 0.2) is 0 Å². The van der Waals surface area contributed by atoms with Crippen LogP contribution in [0.15, 0.2) is 21.2 Å². The molecule has 3 heteroatoms. The summed E-state index contributed by atoms with van der Waals surface area (Å²) in [6.45, 7) is 0. The molecule has 1 rings (SSSR count). The molecule has 0 aromatic carbocycles. The predicted octanol–water partition coefficient (Wildman–Crippen LogP) is 2.42. The van der Waals surface area contributed by atoms with Crippen LogP contribution in [0.3, 0.4) is 0 Å². The van der Waals surface area contributed by atoms with Gasteiger partial charge in [-0.25, -0.2) is 0 Å². The predicted molar refractivity (Wildman–Crippen MR) is 52.1 cm³/mol. The van der Waals surface area contributed by atoms with E-state index in [1.807, 2.05) is 12.5 Å².